The maximum atomic E-state index is 12.6. The molecule has 35 heavy (non-hydrogen) atoms. The number of thiocarbonyl (C=S) groups is 1. The maximum Gasteiger partial charge on any atom is 0.257 e. The van der Waals surface area contributed by atoms with E-state index in [1.54, 1.807) is 18.2 Å². The molecule has 7 heteroatoms. The van der Waals surface area contributed by atoms with Crippen molar-refractivity contribution in [2.24, 2.45) is 0 Å². The van der Waals surface area contributed by atoms with Crippen LogP contribution in [0.5, 0.6) is 5.75 Å². The number of carbonyl (C=O) groups excluding carboxylic acids is 1. The van der Waals surface area contributed by atoms with Crippen LogP contribution < -0.4 is 15.4 Å². The Bertz CT molecular complexity index is 1310. The Kier molecular flexibility index (Phi) is 7.77. The summed E-state index contributed by atoms with van der Waals surface area (Å²) in [7, 11) is 0. The van der Waals surface area contributed by atoms with Crippen molar-refractivity contribution in [1.29, 1.82) is 0 Å². The van der Waals surface area contributed by atoms with Gasteiger partial charge in [0.2, 0.25) is 0 Å². The van der Waals surface area contributed by atoms with Gasteiger partial charge in [0.1, 0.15) is 11.3 Å². The lowest BCUT2D eigenvalue weighted by Gasteiger charge is -2.11. The highest BCUT2D eigenvalue weighted by Crippen LogP contribution is 2.22. The standard InChI is InChI=1S/C28H29N3O3S/c1-4-5-13-33-23-8-6-7-21(17-23)27(32)31-28(35)29-22-11-9-20(10-12-22)16-26-30-24-14-18(2)19(3)15-25(24)34-26/h6-12,14-15,17H,4-5,13,16H2,1-3H3,(H2,29,31,32,35). The minimum atomic E-state index is -0.290. The van der Waals surface area contributed by atoms with Gasteiger partial charge in [-0.15, -0.1) is 0 Å². The molecular weight excluding hydrogens is 458 g/mol. The number of unbranched alkanes of at least 4 members (excludes halogenated alkanes) is 1. The van der Waals surface area contributed by atoms with E-state index < -0.39 is 0 Å². The minimum absolute atomic E-state index is 0.227. The summed E-state index contributed by atoms with van der Waals surface area (Å²) in [6.45, 7) is 6.87. The van der Waals surface area contributed by atoms with Gasteiger partial charge in [-0.25, -0.2) is 4.98 Å². The number of fused-ring (bicyclic) bond motifs is 1. The van der Waals surface area contributed by atoms with Gasteiger partial charge in [0.25, 0.3) is 5.91 Å². The van der Waals surface area contributed by atoms with Gasteiger partial charge in [0, 0.05) is 17.7 Å². The predicted octanol–water partition coefficient (Wildman–Crippen LogP) is 6.34. The molecule has 1 amide bonds. The van der Waals surface area contributed by atoms with Gasteiger partial charge in [-0.3, -0.25) is 10.1 Å². The molecule has 0 radical (unpaired) electrons. The maximum absolute atomic E-state index is 12.6. The zero-order valence-electron chi connectivity index (χ0n) is 20.2. The second kappa shape index (κ2) is 11.1. The van der Waals surface area contributed by atoms with Crippen molar-refractivity contribution >= 4 is 40.0 Å². The smallest absolute Gasteiger partial charge is 0.257 e. The quantitative estimate of drug-likeness (QED) is 0.223. The Morgan fingerprint density at radius 1 is 1.06 bits per heavy atom. The number of nitrogens with zero attached hydrogens (tertiary/aromatic N) is 1. The van der Waals surface area contributed by atoms with Gasteiger partial charge < -0.3 is 14.5 Å². The second-order valence-electron chi connectivity index (χ2n) is 8.52. The average molecular weight is 488 g/mol. The van der Waals surface area contributed by atoms with Gasteiger partial charge in [-0.1, -0.05) is 31.5 Å². The summed E-state index contributed by atoms with van der Waals surface area (Å²) in [5.41, 5.74) is 6.39. The fourth-order valence-corrected chi connectivity index (χ4v) is 3.79. The molecule has 0 spiro atoms. The summed E-state index contributed by atoms with van der Waals surface area (Å²) < 4.78 is 11.6. The molecule has 0 atom stereocenters. The van der Waals surface area contributed by atoms with Crippen LogP contribution in [0, 0.1) is 13.8 Å². The van der Waals surface area contributed by atoms with Gasteiger partial charge in [-0.05, 0) is 91.6 Å². The summed E-state index contributed by atoms with van der Waals surface area (Å²) in [5, 5.41) is 6.00. The molecule has 0 fully saturated rings. The van der Waals surface area contributed by atoms with E-state index >= 15 is 0 Å². The largest absolute Gasteiger partial charge is 0.494 e. The summed E-state index contributed by atoms with van der Waals surface area (Å²) in [6.07, 6.45) is 2.61. The van der Waals surface area contributed by atoms with Crippen LogP contribution in [0.2, 0.25) is 0 Å². The number of benzene rings is 3. The molecule has 1 aromatic heterocycles. The lowest BCUT2D eigenvalue weighted by Crippen LogP contribution is -2.34. The number of carbonyl (C=O) groups is 1. The van der Waals surface area contributed by atoms with Crippen LogP contribution in [-0.2, 0) is 6.42 Å². The number of oxazole rings is 1. The molecule has 4 aromatic rings. The topological polar surface area (TPSA) is 76.4 Å². The molecule has 180 valence electrons. The summed E-state index contributed by atoms with van der Waals surface area (Å²) >= 11 is 5.33. The highest BCUT2D eigenvalue weighted by molar-refractivity contribution is 7.80. The van der Waals surface area contributed by atoms with E-state index in [0.29, 0.717) is 30.2 Å². The van der Waals surface area contributed by atoms with Gasteiger partial charge in [-0.2, -0.15) is 0 Å². The molecule has 0 saturated carbocycles. The van der Waals surface area contributed by atoms with Crippen LogP contribution in [0.1, 0.15) is 52.7 Å². The number of hydrogen-bond acceptors (Lipinski definition) is 5. The third-order valence-corrected chi connectivity index (χ3v) is 5.91. The van der Waals surface area contributed by atoms with Gasteiger partial charge >= 0.3 is 0 Å². The van der Waals surface area contributed by atoms with Crippen LogP contribution in [0.4, 0.5) is 5.69 Å². The van der Waals surface area contributed by atoms with Crippen molar-refractivity contribution in [3.8, 4) is 5.75 Å². The Labute approximate surface area is 210 Å². The molecule has 3 aromatic carbocycles. The van der Waals surface area contributed by atoms with Crippen LogP contribution in [-0.4, -0.2) is 22.6 Å². The van der Waals surface area contributed by atoms with Gasteiger partial charge in [0.15, 0.2) is 16.6 Å². The normalized spacial score (nSPS) is 10.8. The number of aryl methyl sites for hydroxylation is 2. The van der Waals surface area contributed by atoms with Crippen molar-refractivity contribution in [2.75, 3.05) is 11.9 Å². The molecule has 0 saturated heterocycles. The van der Waals surface area contributed by atoms with Crippen LogP contribution >= 0.6 is 12.2 Å². The first-order valence-corrected chi connectivity index (χ1v) is 12.1. The van der Waals surface area contributed by atoms with Crippen LogP contribution in [0.3, 0.4) is 0 Å². The highest BCUT2D eigenvalue weighted by Gasteiger charge is 2.11. The third-order valence-electron chi connectivity index (χ3n) is 5.71. The first-order chi connectivity index (χ1) is 16.9. The monoisotopic (exact) mass is 487 g/mol. The molecule has 4 rings (SSSR count). The second-order valence-corrected chi connectivity index (χ2v) is 8.93. The van der Waals surface area contributed by atoms with E-state index in [4.69, 9.17) is 21.4 Å². The first-order valence-electron chi connectivity index (χ1n) is 11.7. The number of ether oxygens (including phenoxy) is 1. The first kappa shape index (κ1) is 24.4. The fourth-order valence-electron chi connectivity index (χ4n) is 3.58. The molecule has 0 aliphatic rings. The molecule has 0 aliphatic heterocycles. The van der Waals surface area contributed by atoms with E-state index in [2.05, 4.69) is 42.5 Å². The highest BCUT2D eigenvalue weighted by atomic mass is 32.1. The van der Waals surface area contributed by atoms with E-state index in [1.165, 1.54) is 11.1 Å². The Hall–Kier alpha value is -3.71. The van der Waals surface area contributed by atoms with Crippen LogP contribution in [0.25, 0.3) is 11.1 Å². The predicted molar refractivity (Wildman–Crippen MR) is 143 cm³/mol. The summed E-state index contributed by atoms with van der Waals surface area (Å²) in [4.78, 5) is 17.2. The van der Waals surface area contributed by atoms with E-state index in [-0.39, 0.29) is 11.0 Å². The molecule has 1 heterocycles. The van der Waals surface area contributed by atoms with E-state index in [1.807, 2.05) is 36.4 Å². The minimum Gasteiger partial charge on any atom is -0.494 e. The number of aromatic nitrogens is 1. The van der Waals surface area contributed by atoms with Crippen molar-refractivity contribution in [2.45, 2.75) is 40.0 Å². The molecule has 0 aliphatic carbocycles. The Morgan fingerprint density at radius 2 is 1.83 bits per heavy atom. The summed E-state index contributed by atoms with van der Waals surface area (Å²) in [6, 6.07) is 18.9. The summed E-state index contributed by atoms with van der Waals surface area (Å²) in [5.74, 6) is 1.06. The lowest BCUT2D eigenvalue weighted by molar-refractivity contribution is 0.0977. The van der Waals surface area contributed by atoms with Crippen molar-refractivity contribution < 1.29 is 13.9 Å². The Morgan fingerprint density at radius 3 is 2.60 bits per heavy atom. The molecule has 0 bridgehead atoms. The third kappa shape index (κ3) is 6.45. The molecule has 6 nitrogen and oxygen atoms in total. The van der Waals surface area contributed by atoms with E-state index in [9.17, 15) is 4.79 Å². The van der Waals surface area contributed by atoms with Crippen molar-refractivity contribution in [1.82, 2.24) is 10.3 Å². The molecular formula is C28H29N3O3S. The zero-order valence-corrected chi connectivity index (χ0v) is 21.0. The van der Waals surface area contributed by atoms with Crippen LogP contribution in [0.15, 0.2) is 65.1 Å². The number of hydrogen-bond donors (Lipinski definition) is 2. The fraction of sp³-hybridized carbons (Fsp3) is 0.250. The SMILES string of the molecule is CCCCOc1cccc(C(=O)NC(=S)Nc2ccc(Cc3nc4cc(C)c(C)cc4o3)cc2)c1. The van der Waals surface area contributed by atoms with Crippen molar-refractivity contribution in [3.05, 3.63) is 88.8 Å². The number of anilines is 1. The van der Waals surface area contributed by atoms with E-state index in [0.717, 1.165) is 35.2 Å². The Balaban J connectivity index is 1.32. The molecule has 2 N–H and O–H groups in total. The number of nitrogens with one attached hydrogen (secondary N) is 2. The van der Waals surface area contributed by atoms with Crippen molar-refractivity contribution in [3.63, 3.8) is 0 Å². The zero-order chi connectivity index (χ0) is 24.8. The number of amides is 1. The lowest BCUT2D eigenvalue weighted by atomic mass is 10.1. The average Bonchev–Trinajstić information content (AvgIpc) is 3.21. The van der Waals surface area contributed by atoms with Gasteiger partial charge in [0.05, 0.1) is 6.61 Å². The number of rotatable bonds is 8. The molecule has 0 unspecified atom stereocenters.